The highest BCUT2D eigenvalue weighted by Gasteiger charge is 2.23. The summed E-state index contributed by atoms with van der Waals surface area (Å²) in [4.78, 5) is 20.9. The topological polar surface area (TPSA) is 86.0 Å². The third kappa shape index (κ3) is 7.91. The zero-order chi connectivity index (χ0) is 18.6. The SMILES string of the molecule is CCNC(=NCCCN1CCCC(C(N)=O)C1)NCCN1CCCCC1. The lowest BCUT2D eigenvalue weighted by atomic mass is 9.97. The lowest BCUT2D eigenvalue weighted by Crippen LogP contribution is -2.43. The number of hydrogen-bond donors (Lipinski definition) is 3. The Hall–Kier alpha value is -1.34. The number of amides is 1. The average Bonchev–Trinajstić information content (AvgIpc) is 2.66. The normalized spacial score (nSPS) is 23.0. The van der Waals surface area contributed by atoms with Gasteiger partial charge in [-0.25, -0.2) is 0 Å². The number of rotatable bonds is 9. The molecule has 0 aliphatic carbocycles. The average molecular weight is 367 g/mol. The first-order chi connectivity index (χ1) is 12.7. The van der Waals surface area contributed by atoms with Crippen molar-refractivity contribution in [2.75, 3.05) is 58.9 Å². The minimum Gasteiger partial charge on any atom is -0.369 e. The fourth-order valence-corrected chi connectivity index (χ4v) is 3.83. The summed E-state index contributed by atoms with van der Waals surface area (Å²) >= 11 is 0. The molecule has 1 amide bonds. The van der Waals surface area contributed by atoms with E-state index in [2.05, 4.69) is 27.4 Å². The molecule has 2 fully saturated rings. The zero-order valence-corrected chi connectivity index (χ0v) is 16.5. The van der Waals surface area contributed by atoms with E-state index in [4.69, 9.17) is 10.7 Å². The molecular weight excluding hydrogens is 328 g/mol. The van der Waals surface area contributed by atoms with Crippen LogP contribution in [-0.4, -0.2) is 80.6 Å². The smallest absolute Gasteiger partial charge is 0.221 e. The van der Waals surface area contributed by atoms with E-state index in [1.165, 1.54) is 32.4 Å². The van der Waals surface area contributed by atoms with Crippen LogP contribution < -0.4 is 16.4 Å². The highest BCUT2D eigenvalue weighted by Crippen LogP contribution is 2.15. The van der Waals surface area contributed by atoms with E-state index in [0.29, 0.717) is 0 Å². The second kappa shape index (κ2) is 12.1. The maximum atomic E-state index is 11.4. The lowest BCUT2D eigenvalue weighted by Gasteiger charge is -2.30. The van der Waals surface area contributed by atoms with E-state index in [1.807, 2.05) is 0 Å². The zero-order valence-electron chi connectivity index (χ0n) is 16.5. The van der Waals surface area contributed by atoms with Gasteiger partial charge in [-0.15, -0.1) is 0 Å². The number of piperidine rings is 2. The molecule has 1 atom stereocenters. The van der Waals surface area contributed by atoms with Gasteiger partial charge in [-0.1, -0.05) is 6.42 Å². The number of nitrogens with two attached hydrogens (primary N) is 1. The van der Waals surface area contributed by atoms with Crippen LogP contribution >= 0.6 is 0 Å². The van der Waals surface area contributed by atoms with Gasteiger partial charge in [0.1, 0.15) is 0 Å². The molecule has 0 spiro atoms. The number of aliphatic imine (C=N–C) groups is 1. The van der Waals surface area contributed by atoms with E-state index >= 15 is 0 Å². The number of primary amides is 1. The van der Waals surface area contributed by atoms with Crippen molar-refractivity contribution in [3.8, 4) is 0 Å². The second-order valence-corrected chi connectivity index (χ2v) is 7.49. The number of hydrogen-bond acceptors (Lipinski definition) is 4. The first kappa shape index (κ1) is 21.0. The first-order valence-corrected chi connectivity index (χ1v) is 10.4. The molecule has 150 valence electrons. The molecule has 0 saturated carbocycles. The fourth-order valence-electron chi connectivity index (χ4n) is 3.83. The summed E-state index contributed by atoms with van der Waals surface area (Å²) in [6, 6.07) is 0. The van der Waals surface area contributed by atoms with Crippen LogP contribution in [0.2, 0.25) is 0 Å². The van der Waals surface area contributed by atoms with Crippen LogP contribution in [0.3, 0.4) is 0 Å². The van der Waals surface area contributed by atoms with Crippen molar-refractivity contribution < 1.29 is 4.79 Å². The number of nitrogens with one attached hydrogen (secondary N) is 2. The summed E-state index contributed by atoms with van der Waals surface area (Å²) in [6.07, 6.45) is 7.06. The van der Waals surface area contributed by atoms with Crippen LogP contribution in [0.4, 0.5) is 0 Å². The van der Waals surface area contributed by atoms with Crippen molar-refractivity contribution in [1.29, 1.82) is 0 Å². The Morgan fingerprint density at radius 3 is 2.58 bits per heavy atom. The largest absolute Gasteiger partial charge is 0.369 e. The summed E-state index contributed by atoms with van der Waals surface area (Å²) in [6.45, 7) is 11.1. The molecule has 7 nitrogen and oxygen atoms in total. The molecule has 0 bridgehead atoms. The van der Waals surface area contributed by atoms with Crippen molar-refractivity contribution in [3.05, 3.63) is 0 Å². The van der Waals surface area contributed by atoms with Crippen molar-refractivity contribution >= 4 is 11.9 Å². The molecule has 0 aromatic carbocycles. The molecule has 7 heteroatoms. The molecule has 2 rings (SSSR count). The van der Waals surface area contributed by atoms with Crippen molar-refractivity contribution in [1.82, 2.24) is 20.4 Å². The summed E-state index contributed by atoms with van der Waals surface area (Å²) in [7, 11) is 0. The maximum absolute atomic E-state index is 11.4. The molecule has 2 saturated heterocycles. The number of nitrogens with zero attached hydrogens (tertiary/aromatic N) is 3. The summed E-state index contributed by atoms with van der Waals surface area (Å²) < 4.78 is 0. The number of guanidine groups is 1. The molecule has 26 heavy (non-hydrogen) atoms. The van der Waals surface area contributed by atoms with Crippen LogP contribution in [0.25, 0.3) is 0 Å². The quantitative estimate of drug-likeness (QED) is 0.316. The predicted molar refractivity (Wildman–Crippen MR) is 107 cm³/mol. The number of likely N-dealkylation sites (tertiary alicyclic amines) is 2. The van der Waals surface area contributed by atoms with Crippen molar-refractivity contribution in [3.63, 3.8) is 0 Å². The third-order valence-corrected chi connectivity index (χ3v) is 5.32. The van der Waals surface area contributed by atoms with Crippen LogP contribution in [0.15, 0.2) is 4.99 Å². The fraction of sp³-hybridized carbons (Fsp3) is 0.895. The van der Waals surface area contributed by atoms with Gasteiger partial charge in [0.05, 0.1) is 5.92 Å². The lowest BCUT2D eigenvalue weighted by molar-refractivity contribution is -0.123. The van der Waals surface area contributed by atoms with Gasteiger partial charge < -0.3 is 26.2 Å². The maximum Gasteiger partial charge on any atom is 0.221 e. The van der Waals surface area contributed by atoms with Crippen LogP contribution in [0.1, 0.15) is 45.4 Å². The number of carbonyl (C=O) groups is 1. The minimum absolute atomic E-state index is 0.0287. The molecule has 4 N–H and O–H groups in total. The third-order valence-electron chi connectivity index (χ3n) is 5.32. The standard InChI is InChI=1S/C19H38N6O/c1-2-21-19(23-10-15-24-11-4-3-5-12-24)22-9-7-14-25-13-6-8-17(16-25)18(20)26/h17H,2-16H2,1H3,(H2,20,26)(H2,21,22,23). The van der Waals surface area contributed by atoms with Crippen LogP contribution in [-0.2, 0) is 4.79 Å². The minimum atomic E-state index is -0.153. The van der Waals surface area contributed by atoms with Gasteiger partial charge in [-0.3, -0.25) is 9.79 Å². The van der Waals surface area contributed by atoms with E-state index in [-0.39, 0.29) is 11.8 Å². The molecule has 0 aromatic heterocycles. The van der Waals surface area contributed by atoms with Gasteiger partial charge in [-0.05, 0) is 65.2 Å². The molecule has 2 aliphatic rings. The highest BCUT2D eigenvalue weighted by atomic mass is 16.1. The monoisotopic (exact) mass is 366 g/mol. The molecule has 2 heterocycles. The Bertz CT molecular complexity index is 436. The van der Waals surface area contributed by atoms with Gasteiger partial charge in [0, 0.05) is 32.7 Å². The molecule has 0 aromatic rings. The summed E-state index contributed by atoms with van der Waals surface area (Å²) in [5.41, 5.74) is 5.45. The Morgan fingerprint density at radius 1 is 1.08 bits per heavy atom. The summed E-state index contributed by atoms with van der Waals surface area (Å²) in [5, 5.41) is 6.78. The van der Waals surface area contributed by atoms with Gasteiger partial charge in [0.25, 0.3) is 0 Å². The molecule has 2 aliphatic heterocycles. The predicted octanol–water partition coefficient (Wildman–Crippen LogP) is 0.615. The van der Waals surface area contributed by atoms with Gasteiger partial charge >= 0.3 is 0 Å². The molecular formula is C19H38N6O. The Kier molecular flexibility index (Phi) is 9.77. The van der Waals surface area contributed by atoms with Gasteiger partial charge in [0.2, 0.25) is 5.91 Å². The van der Waals surface area contributed by atoms with Gasteiger partial charge in [-0.2, -0.15) is 0 Å². The first-order valence-electron chi connectivity index (χ1n) is 10.4. The van der Waals surface area contributed by atoms with E-state index in [0.717, 1.165) is 71.0 Å². The Balaban J connectivity index is 1.63. The Morgan fingerprint density at radius 2 is 1.85 bits per heavy atom. The van der Waals surface area contributed by atoms with Crippen LogP contribution in [0.5, 0.6) is 0 Å². The van der Waals surface area contributed by atoms with Crippen molar-refractivity contribution in [2.45, 2.75) is 45.4 Å². The Labute approximate surface area is 158 Å². The second-order valence-electron chi connectivity index (χ2n) is 7.49. The van der Waals surface area contributed by atoms with Gasteiger partial charge in [0.15, 0.2) is 5.96 Å². The molecule has 1 unspecified atom stereocenters. The van der Waals surface area contributed by atoms with E-state index in [1.54, 1.807) is 0 Å². The van der Waals surface area contributed by atoms with E-state index < -0.39 is 0 Å². The summed E-state index contributed by atoms with van der Waals surface area (Å²) in [5.74, 6) is 0.791. The van der Waals surface area contributed by atoms with Crippen LogP contribution in [0, 0.1) is 5.92 Å². The highest BCUT2D eigenvalue weighted by molar-refractivity contribution is 5.79. The molecule has 0 radical (unpaired) electrons. The van der Waals surface area contributed by atoms with E-state index in [9.17, 15) is 4.79 Å². The van der Waals surface area contributed by atoms with Crippen molar-refractivity contribution in [2.24, 2.45) is 16.6 Å². The number of carbonyl (C=O) groups excluding carboxylic acids is 1.